The molecule has 0 aliphatic rings. The van der Waals surface area contributed by atoms with Crippen LogP contribution in [-0.4, -0.2) is 30.0 Å². The van der Waals surface area contributed by atoms with Gasteiger partial charge in [0.2, 0.25) is 5.82 Å². The molecule has 0 spiro atoms. The molecule has 5 aromatic rings. The van der Waals surface area contributed by atoms with Crippen LogP contribution >= 0.6 is 0 Å². The van der Waals surface area contributed by atoms with E-state index in [0.717, 1.165) is 5.69 Å². The lowest BCUT2D eigenvalue weighted by Gasteiger charge is -2.04. The van der Waals surface area contributed by atoms with Crippen molar-refractivity contribution in [2.75, 3.05) is 0 Å². The van der Waals surface area contributed by atoms with E-state index in [4.69, 9.17) is 4.52 Å². The lowest BCUT2D eigenvalue weighted by atomic mass is 10.2. The van der Waals surface area contributed by atoms with Gasteiger partial charge in [0.1, 0.15) is 22.8 Å². The van der Waals surface area contributed by atoms with Crippen molar-refractivity contribution in [1.82, 2.24) is 24.9 Å². The van der Waals surface area contributed by atoms with Crippen molar-refractivity contribution in [3.05, 3.63) is 77.0 Å². The molecule has 0 saturated carbocycles. The zero-order chi connectivity index (χ0) is 20.0. The van der Waals surface area contributed by atoms with Gasteiger partial charge in [-0.25, -0.2) is 9.07 Å². The number of aromatic amines is 1. The Balaban J connectivity index is 1.65. The fraction of sp³-hybridized carbons (Fsp3) is 0. The highest BCUT2D eigenvalue weighted by Crippen LogP contribution is 2.32. The van der Waals surface area contributed by atoms with Crippen LogP contribution in [0.5, 0.6) is 5.75 Å². The number of pyridine rings is 1. The largest absolute Gasteiger partial charge is 0.506 e. The molecule has 0 atom stereocenters. The summed E-state index contributed by atoms with van der Waals surface area (Å²) in [5.74, 6) is -0.875. The van der Waals surface area contributed by atoms with Gasteiger partial charge in [0.05, 0.1) is 17.3 Å². The van der Waals surface area contributed by atoms with E-state index in [2.05, 4.69) is 20.2 Å². The number of nitrogens with one attached hydrogen (secondary N) is 1. The summed E-state index contributed by atoms with van der Waals surface area (Å²) in [4.78, 5) is 19.5. The van der Waals surface area contributed by atoms with Gasteiger partial charge in [0.25, 0.3) is 11.4 Å². The monoisotopic (exact) mass is 389 g/mol. The first-order valence-corrected chi connectivity index (χ1v) is 8.60. The van der Waals surface area contributed by atoms with Crippen molar-refractivity contribution in [3.8, 4) is 34.3 Å². The highest BCUT2D eigenvalue weighted by molar-refractivity contribution is 5.89. The van der Waals surface area contributed by atoms with Crippen LogP contribution in [0.25, 0.3) is 39.6 Å². The van der Waals surface area contributed by atoms with Gasteiger partial charge in [-0.05, 0) is 24.3 Å². The molecule has 0 fully saturated rings. The Hall–Kier alpha value is -4.27. The fourth-order valence-electron chi connectivity index (χ4n) is 3.09. The van der Waals surface area contributed by atoms with Crippen molar-refractivity contribution in [2.45, 2.75) is 0 Å². The number of aromatic nitrogens is 5. The minimum Gasteiger partial charge on any atom is -0.506 e. The fourth-order valence-corrected chi connectivity index (χ4v) is 3.09. The van der Waals surface area contributed by atoms with E-state index in [-0.39, 0.29) is 23.0 Å². The van der Waals surface area contributed by atoms with Crippen LogP contribution in [0.3, 0.4) is 0 Å². The quantitative estimate of drug-likeness (QED) is 0.490. The maximum atomic E-state index is 13.4. The van der Waals surface area contributed by atoms with Crippen molar-refractivity contribution in [1.29, 1.82) is 0 Å². The summed E-state index contributed by atoms with van der Waals surface area (Å²) in [6.07, 6.45) is 1.43. The summed E-state index contributed by atoms with van der Waals surface area (Å²) in [5, 5.41) is 19.0. The van der Waals surface area contributed by atoms with Gasteiger partial charge < -0.3 is 14.6 Å². The molecule has 8 nitrogen and oxygen atoms in total. The Bertz CT molecular complexity index is 1400. The molecule has 0 radical (unpaired) electrons. The lowest BCUT2D eigenvalue weighted by molar-refractivity contribution is 0.426. The molecule has 3 aromatic heterocycles. The summed E-state index contributed by atoms with van der Waals surface area (Å²) in [6.45, 7) is 0. The SMILES string of the molecule is O=c1[nH]c2c(cnn2-c2ccccc2)c(O)c1-c1nc(-c2cccc(F)c2)no1. The number of halogens is 1. The standard InChI is InChI=1S/C20H12FN5O3/c21-12-6-4-5-11(9-12)17-23-20(29-25-17)15-16(27)14-10-22-26(18(14)24-19(15)28)13-7-2-1-3-8-13/h1-10H,(H2,24,27,28). The van der Waals surface area contributed by atoms with Gasteiger partial charge in [0.15, 0.2) is 0 Å². The van der Waals surface area contributed by atoms with Gasteiger partial charge in [-0.15, -0.1) is 0 Å². The Morgan fingerprint density at radius 2 is 1.93 bits per heavy atom. The van der Waals surface area contributed by atoms with Gasteiger partial charge in [-0.1, -0.05) is 35.5 Å². The van der Waals surface area contributed by atoms with Gasteiger partial charge in [-0.2, -0.15) is 10.1 Å². The molecular formula is C20H12FN5O3. The van der Waals surface area contributed by atoms with E-state index >= 15 is 0 Å². The van der Waals surface area contributed by atoms with Crippen LogP contribution in [0.15, 0.2) is 70.1 Å². The first-order valence-electron chi connectivity index (χ1n) is 8.60. The Labute approximate surface area is 161 Å². The summed E-state index contributed by atoms with van der Waals surface area (Å²) >= 11 is 0. The topological polar surface area (TPSA) is 110 Å². The minimum atomic E-state index is -0.623. The third-order valence-electron chi connectivity index (χ3n) is 4.44. The second kappa shape index (κ2) is 6.41. The molecule has 5 rings (SSSR count). The average molecular weight is 389 g/mol. The third kappa shape index (κ3) is 2.76. The number of hydrogen-bond donors (Lipinski definition) is 2. The summed E-state index contributed by atoms with van der Waals surface area (Å²) in [7, 11) is 0. The van der Waals surface area contributed by atoms with Gasteiger partial charge in [-0.3, -0.25) is 4.79 Å². The maximum absolute atomic E-state index is 13.4. The zero-order valence-electron chi connectivity index (χ0n) is 14.7. The number of benzene rings is 2. The molecule has 2 aromatic carbocycles. The first-order chi connectivity index (χ1) is 14.1. The number of nitrogens with zero attached hydrogens (tertiary/aromatic N) is 4. The second-order valence-electron chi connectivity index (χ2n) is 6.27. The smallest absolute Gasteiger partial charge is 0.267 e. The third-order valence-corrected chi connectivity index (χ3v) is 4.44. The maximum Gasteiger partial charge on any atom is 0.267 e. The summed E-state index contributed by atoms with van der Waals surface area (Å²) in [5.41, 5.74) is 0.625. The number of aromatic hydroxyl groups is 1. The highest BCUT2D eigenvalue weighted by atomic mass is 19.1. The molecule has 2 N–H and O–H groups in total. The molecule has 9 heteroatoms. The zero-order valence-corrected chi connectivity index (χ0v) is 14.7. The molecule has 0 unspecified atom stereocenters. The van der Waals surface area contributed by atoms with Gasteiger partial charge in [0, 0.05) is 5.56 Å². The van der Waals surface area contributed by atoms with Crippen LogP contribution in [0.2, 0.25) is 0 Å². The Kier molecular flexibility index (Phi) is 3.73. The predicted molar refractivity (Wildman–Crippen MR) is 102 cm³/mol. The normalized spacial score (nSPS) is 11.2. The average Bonchev–Trinajstić information content (AvgIpc) is 3.36. The predicted octanol–water partition coefficient (Wildman–Crippen LogP) is 3.28. The second-order valence-corrected chi connectivity index (χ2v) is 6.27. The molecule has 3 heterocycles. The number of hydrogen-bond acceptors (Lipinski definition) is 6. The van der Waals surface area contributed by atoms with Crippen LogP contribution in [0.1, 0.15) is 0 Å². The molecule has 0 aliphatic heterocycles. The molecule has 0 aliphatic carbocycles. The molecule has 29 heavy (non-hydrogen) atoms. The highest BCUT2D eigenvalue weighted by Gasteiger charge is 2.22. The Morgan fingerprint density at radius 1 is 1.10 bits per heavy atom. The molecule has 142 valence electrons. The van der Waals surface area contributed by atoms with Crippen LogP contribution in [-0.2, 0) is 0 Å². The lowest BCUT2D eigenvalue weighted by Crippen LogP contribution is -2.11. The number of para-hydroxylation sites is 1. The van der Waals surface area contributed by atoms with Crippen molar-refractivity contribution in [3.63, 3.8) is 0 Å². The van der Waals surface area contributed by atoms with Crippen LogP contribution in [0.4, 0.5) is 4.39 Å². The number of rotatable bonds is 3. The van der Waals surface area contributed by atoms with Crippen LogP contribution in [0, 0.1) is 5.82 Å². The molecule has 0 bridgehead atoms. The van der Waals surface area contributed by atoms with Crippen molar-refractivity contribution >= 4 is 11.0 Å². The van der Waals surface area contributed by atoms with E-state index in [1.807, 2.05) is 30.3 Å². The number of H-pyrrole nitrogens is 1. The van der Waals surface area contributed by atoms with Crippen molar-refractivity contribution < 1.29 is 14.0 Å². The van der Waals surface area contributed by atoms with E-state index in [1.54, 1.807) is 6.07 Å². The van der Waals surface area contributed by atoms with E-state index in [1.165, 1.54) is 29.1 Å². The Morgan fingerprint density at radius 3 is 2.72 bits per heavy atom. The molecule has 0 amide bonds. The van der Waals surface area contributed by atoms with E-state index < -0.39 is 11.4 Å². The molecule has 0 saturated heterocycles. The first kappa shape index (κ1) is 16.9. The van der Waals surface area contributed by atoms with E-state index in [0.29, 0.717) is 16.6 Å². The minimum absolute atomic E-state index is 0.0957. The van der Waals surface area contributed by atoms with E-state index in [9.17, 15) is 14.3 Å². The van der Waals surface area contributed by atoms with Crippen molar-refractivity contribution in [2.24, 2.45) is 0 Å². The van der Waals surface area contributed by atoms with Gasteiger partial charge >= 0.3 is 0 Å². The van der Waals surface area contributed by atoms with Crippen LogP contribution < -0.4 is 5.56 Å². The number of fused-ring (bicyclic) bond motifs is 1. The molecular weight excluding hydrogens is 377 g/mol. The summed E-state index contributed by atoms with van der Waals surface area (Å²) in [6, 6.07) is 14.8. The summed E-state index contributed by atoms with van der Waals surface area (Å²) < 4.78 is 20.1.